The summed E-state index contributed by atoms with van der Waals surface area (Å²) in [6.07, 6.45) is 0.416. The van der Waals surface area contributed by atoms with Gasteiger partial charge in [-0.25, -0.2) is 4.79 Å². The van der Waals surface area contributed by atoms with Crippen LogP contribution in [0.5, 0.6) is 17.2 Å². The summed E-state index contributed by atoms with van der Waals surface area (Å²) >= 11 is 18.2. The molecule has 0 bridgehead atoms. The Morgan fingerprint density at radius 3 is 2.23 bits per heavy atom. The van der Waals surface area contributed by atoms with Gasteiger partial charge in [-0.2, -0.15) is 0 Å². The van der Waals surface area contributed by atoms with Gasteiger partial charge in [-0.3, -0.25) is 4.79 Å². The second kappa shape index (κ2) is 15.9. The van der Waals surface area contributed by atoms with E-state index in [1.807, 2.05) is 91.0 Å². The fourth-order valence-corrected chi connectivity index (χ4v) is 6.77. The largest absolute Gasteiger partial charge is 0.489 e. The van der Waals surface area contributed by atoms with Gasteiger partial charge in [0.15, 0.2) is 17.6 Å². The van der Waals surface area contributed by atoms with Crippen LogP contribution in [-0.2, 0) is 40.3 Å². The summed E-state index contributed by atoms with van der Waals surface area (Å²) in [6, 6.07) is 31.1. The molecule has 1 amide bonds. The Morgan fingerprint density at radius 2 is 1.52 bits per heavy atom. The van der Waals surface area contributed by atoms with Gasteiger partial charge in [0, 0.05) is 18.0 Å². The van der Waals surface area contributed by atoms with Gasteiger partial charge in [-0.1, -0.05) is 89.4 Å². The van der Waals surface area contributed by atoms with E-state index in [1.165, 1.54) is 7.11 Å². The molecule has 52 heavy (non-hydrogen) atoms. The van der Waals surface area contributed by atoms with Crippen LogP contribution in [0.25, 0.3) is 11.1 Å². The first-order chi connectivity index (χ1) is 25.2. The number of hydrogen-bond donors (Lipinski definition) is 2. The number of hydrogen-bond acceptors (Lipinski definition) is 7. The molecule has 2 heterocycles. The van der Waals surface area contributed by atoms with Gasteiger partial charge in [-0.15, -0.1) is 0 Å². The molecule has 1 unspecified atom stereocenters. The Morgan fingerprint density at radius 1 is 0.827 bits per heavy atom. The quantitative estimate of drug-likeness (QED) is 0.139. The van der Waals surface area contributed by atoms with Crippen LogP contribution in [0.15, 0.2) is 103 Å². The predicted molar refractivity (Wildman–Crippen MR) is 201 cm³/mol. The molecule has 5 aromatic rings. The van der Waals surface area contributed by atoms with Crippen molar-refractivity contribution >= 4 is 46.7 Å². The summed E-state index contributed by atoms with van der Waals surface area (Å²) in [6.45, 7) is 1.15. The Balaban J connectivity index is 0.951. The van der Waals surface area contributed by atoms with Gasteiger partial charge >= 0.3 is 5.97 Å². The van der Waals surface area contributed by atoms with E-state index in [2.05, 4.69) is 10.6 Å². The second-order valence-corrected chi connectivity index (χ2v) is 14.0. The molecule has 2 aliphatic rings. The van der Waals surface area contributed by atoms with Gasteiger partial charge in [0.2, 0.25) is 5.91 Å². The maximum absolute atomic E-state index is 13.5. The minimum Gasteiger partial charge on any atom is -0.489 e. The van der Waals surface area contributed by atoms with Crippen LogP contribution in [0.4, 0.5) is 0 Å². The first kappa shape index (κ1) is 35.7. The molecular weight excluding hydrogens is 723 g/mol. The highest BCUT2D eigenvalue weighted by atomic mass is 35.5. The molecule has 0 fully saturated rings. The molecule has 0 radical (unpaired) electrons. The van der Waals surface area contributed by atoms with E-state index in [-0.39, 0.29) is 18.4 Å². The third kappa shape index (κ3) is 8.32. The molecule has 2 N–H and O–H groups in total. The van der Waals surface area contributed by atoms with Crippen LogP contribution in [0.1, 0.15) is 33.9 Å². The van der Waals surface area contributed by atoms with Crippen molar-refractivity contribution in [3.63, 3.8) is 0 Å². The lowest BCUT2D eigenvalue weighted by molar-refractivity contribution is -0.145. The normalized spacial score (nSPS) is 16.7. The van der Waals surface area contributed by atoms with E-state index in [0.717, 1.165) is 38.9 Å². The first-order valence-electron chi connectivity index (χ1n) is 16.8. The molecule has 11 heteroatoms. The van der Waals surface area contributed by atoms with Crippen LogP contribution in [0.3, 0.4) is 0 Å². The Bertz CT molecular complexity index is 2070. The number of halogens is 3. The lowest BCUT2D eigenvalue weighted by Gasteiger charge is -2.31. The van der Waals surface area contributed by atoms with Gasteiger partial charge < -0.3 is 29.6 Å². The fraction of sp³-hybridized carbons (Fsp3) is 0.220. The highest BCUT2D eigenvalue weighted by Crippen LogP contribution is 2.40. The van der Waals surface area contributed by atoms with E-state index in [9.17, 15) is 9.59 Å². The molecule has 7 rings (SSSR count). The number of ether oxygens (including phenoxy) is 4. The van der Waals surface area contributed by atoms with Crippen molar-refractivity contribution in [2.75, 3.05) is 13.7 Å². The Kier molecular flexibility index (Phi) is 10.9. The first-order valence-corrected chi connectivity index (χ1v) is 17.9. The van der Waals surface area contributed by atoms with Crippen molar-refractivity contribution in [3.05, 3.63) is 146 Å². The third-order valence-electron chi connectivity index (χ3n) is 9.22. The number of nitrogens with one attached hydrogen (secondary N) is 2. The molecule has 2 aliphatic heterocycles. The van der Waals surface area contributed by atoms with Crippen molar-refractivity contribution in [1.82, 2.24) is 10.6 Å². The molecule has 3 atom stereocenters. The molecule has 0 saturated heterocycles. The standard InChI is InChI=1S/C41H35Cl3N2O6/c1-49-41(48)36(17-24-2-5-26(6-3-24)27-7-11-31(42)12-8-27)46-40(47)35-18-29-19-37-38(20-30(29)21-45-35)52-39(23-51-37)28-9-13-32(14-10-28)50-22-25-4-15-33(43)34(44)16-25/h2-16,19-20,35-36,39,45H,17-18,21-23H2,1H3,(H,46,47)/t35?,36-,39+/m0/s1. The van der Waals surface area contributed by atoms with Crippen molar-refractivity contribution < 1.29 is 28.5 Å². The zero-order chi connectivity index (χ0) is 36.2. The van der Waals surface area contributed by atoms with Crippen molar-refractivity contribution in [1.29, 1.82) is 0 Å². The summed E-state index contributed by atoms with van der Waals surface area (Å²) in [7, 11) is 1.32. The number of amides is 1. The summed E-state index contributed by atoms with van der Waals surface area (Å²) < 4.78 is 23.5. The van der Waals surface area contributed by atoms with Crippen molar-refractivity contribution in [2.24, 2.45) is 0 Å². The van der Waals surface area contributed by atoms with Crippen molar-refractivity contribution in [2.45, 2.75) is 44.2 Å². The van der Waals surface area contributed by atoms with E-state index in [0.29, 0.717) is 58.5 Å². The summed E-state index contributed by atoms with van der Waals surface area (Å²) in [5.74, 6) is 1.20. The smallest absolute Gasteiger partial charge is 0.328 e. The SMILES string of the molecule is COC(=O)[C@H](Cc1ccc(-c2ccc(Cl)cc2)cc1)NC(=O)C1Cc2cc3c(cc2CN1)O[C@@H](c1ccc(OCc2ccc(Cl)c(Cl)c2)cc1)CO3. The monoisotopic (exact) mass is 756 g/mol. The lowest BCUT2D eigenvalue weighted by Crippen LogP contribution is -2.53. The van der Waals surface area contributed by atoms with Gasteiger partial charge in [0.05, 0.1) is 23.2 Å². The van der Waals surface area contributed by atoms with Crippen LogP contribution in [0, 0.1) is 0 Å². The fourth-order valence-electron chi connectivity index (χ4n) is 6.33. The Hall–Kier alpha value is -4.73. The number of methoxy groups -OCH3 is 1. The Labute approximate surface area is 316 Å². The minimum absolute atomic E-state index is 0.279. The van der Waals surface area contributed by atoms with E-state index < -0.39 is 18.1 Å². The predicted octanol–water partition coefficient (Wildman–Crippen LogP) is 8.32. The average molecular weight is 758 g/mol. The van der Waals surface area contributed by atoms with Gasteiger partial charge in [0.1, 0.15) is 25.0 Å². The topological polar surface area (TPSA) is 95.1 Å². The lowest BCUT2D eigenvalue weighted by atomic mass is 9.94. The van der Waals surface area contributed by atoms with E-state index in [1.54, 1.807) is 12.1 Å². The number of rotatable bonds is 10. The van der Waals surface area contributed by atoms with Crippen LogP contribution in [-0.4, -0.2) is 37.7 Å². The summed E-state index contributed by atoms with van der Waals surface area (Å²) in [5.41, 5.74) is 6.82. The maximum atomic E-state index is 13.5. The number of carbonyl (C=O) groups excluding carboxylic acids is 2. The molecule has 0 aromatic heterocycles. The van der Waals surface area contributed by atoms with Crippen molar-refractivity contribution in [3.8, 4) is 28.4 Å². The number of fused-ring (bicyclic) bond motifs is 2. The van der Waals surface area contributed by atoms with Crippen LogP contribution >= 0.6 is 34.8 Å². The van der Waals surface area contributed by atoms with Crippen LogP contribution in [0.2, 0.25) is 15.1 Å². The molecule has 0 saturated carbocycles. The molecule has 0 spiro atoms. The number of benzene rings is 5. The summed E-state index contributed by atoms with van der Waals surface area (Å²) in [4.78, 5) is 26.2. The highest BCUT2D eigenvalue weighted by Gasteiger charge is 2.31. The molecular formula is C41H35Cl3N2O6. The van der Waals surface area contributed by atoms with Gasteiger partial charge in [0.25, 0.3) is 0 Å². The number of carbonyl (C=O) groups is 2. The number of esters is 1. The zero-order valence-corrected chi connectivity index (χ0v) is 30.4. The van der Waals surface area contributed by atoms with E-state index >= 15 is 0 Å². The molecule has 266 valence electrons. The maximum Gasteiger partial charge on any atom is 0.328 e. The molecule has 0 aliphatic carbocycles. The summed E-state index contributed by atoms with van der Waals surface area (Å²) in [5, 5.41) is 7.90. The average Bonchev–Trinajstić information content (AvgIpc) is 3.17. The van der Waals surface area contributed by atoms with E-state index in [4.69, 9.17) is 53.8 Å². The van der Waals surface area contributed by atoms with Gasteiger partial charge in [-0.05, 0) is 93.9 Å². The minimum atomic E-state index is -0.845. The third-order valence-corrected chi connectivity index (χ3v) is 10.2. The molecule has 8 nitrogen and oxygen atoms in total. The second-order valence-electron chi connectivity index (χ2n) is 12.7. The van der Waals surface area contributed by atoms with Crippen LogP contribution < -0.4 is 24.8 Å². The molecule has 5 aromatic carbocycles. The zero-order valence-electron chi connectivity index (χ0n) is 28.2. The highest BCUT2D eigenvalue weighted by molar-refractivity contribution is 6.42.